The summed E-state index contributed by atoms with van der Waals surface area (Å²) in [7, 11) is 0. The van der Waals surface area contributed by atoms with E-state index in [-0.39, 0.29) is 0 Å². The third-order valence-corrected chi connectivity index (χ3v) is 2.39. The summed E-state index contributed by atoms with van der Waals surface area (Å²) >= 11 is 13.6. The maximum atomic E-state index is 4.87. The molecule has 13 heavy (non-hydrogen) atoms. The molecule has 0 saturated heterocycles. The Kier molecular flexibility index (Phi) is 10.7. The van der Waals surface area contributed by atoms with E-state index in [9.17, 15) is 0 Å². The summed E-state index contributed by atoms with van der Waals surface area (Å²) in [6.07, 6.45) is 7.20. The third kappa shape index (κ3) is 12.3. The number of hydrogen-bond acceptors (Lipinski definition) is 2. The molecule has 4 heteroatoms. The second-order valence-corrected chi connectivity index (χ2v) is 4.55. The van der Waals surface area contributed by atoms with Crippen LogP contribution in [0.4, 0.5) is 0 Å². The molecule has 0 unspecified atom stereocenters. The van der Waals surface area contributed by atoms with E-state index < -0.39 is 0 Å². The summed E-state index contributed by atoms with van der Waals surface area (Å²) < 4.78 is 0.836. The lowest BCUT2D eigenvalue weighted by molar-refractivity contribution is 0.619. The maximum Gasteiger partial charge on any atom is 0.0614 e. The minimum atomic E-state index is 0.836. The molecular formula is C9H17NS3. The maximum absolute atomic E-state index is 4.87. The predicted octanol–water partition coefficient (Wildman–Crippen LogP) is 3.13. The van der Waals surface area contributed by atoms with Gasteiger partial charge in [-0.25, -0.2) is 0 Å². The van der Waals surface area contributed by atoms with Crippen LogP contribution in [-0.4, -0.2) is 16.2 Å². The highest BCUT2D eigenvalue weighted by Crippen LogP contribution is 2.06. The first kappa shape index (κ1) is 13.3. The first-order valence-electron chi connectivity index (χ1n) is 4.66. The lowest BCUT2D eigenvalue weighted by atomic mass is 10.1. The summed E-state index contributed by atoms with van der Waals surface area (Å²) in [5.41, 5.74) is 1.58. The molecule has 0 radical (unpaired) electrons. The van der Waals surface area contributed by atoms with Crippen molar-refractivity contribution >= 4 is 46.8 Å². The van der Waals surface area contributed by atoms with E-state index in [0.717, 1.165) is 17.2 Å². The average molecular weight is 235 g/mol. The molecule has 0 saturated carbocycles. The molecule has 0 aromatic heterocycles. The number of thiol groups is 1. The predicted molar refractivity (Wildman–Crippen MR) is 70.9 cm³/mol. The number of rotatable bonds is 9. The summed E-state index contributed by atoms with van der Waals surface area (Å²) in [5, 5.41) is 3.01. The van der Waals surface area contributed by atoms with Gasteiger partial charge >= 0.3 is 0 Å². The van der Waals surface area contributed by atoms with E-state index in [1.54, 1.807) is 5.49 Å². The van der Waals surface area contributed by atoms with Gasteiger partial charge in [-0.2, -0.15) is 0 Å². The molecule has 0 fully saturated rings. The molecule has 0 bridgehead atoms. The van der Waals surface area contributed by atoms with Gasteiger partial charge in [-0.15, -0.1) is 12.6 Å². The monoisotopic (exact) mass is 235 g/mol. The molecule has 0 aliphatic heterocycles. The Labute approximate surface area is 97.1 Å². The highest BCUT2D eigenvalue weighted by Gasteiger charge is 1.92. The van der Waals surface area contributed by atoms with Gasteiger partial charge in [0.25, 0.3) is 0 Å². The van der Waals surface area contributed by atoms with E-state index >= 15 is 0 Å². The van der Waals surface area contributed by atoms with Crippen LogP contribution in [0.15, 0.2) is 0 Å². The molecule has 1 nitrogen and oxygen atoms in total. The first-order chi connectivity index (χ1) is 6.27. The Morgan fingerprint density at radius 3 is 2.38 bits per heavy atom. The zero-order valence-corrected chi connectivity index (χ0v) is 10.3. The van der Waals surface area contributed by atoms with Gasteiger partial charge in [0.2, 0.25) is 0 Å². The van der Waals surface area contributed by atoms with Crippen LogP contribution in [0.1, 0.15) is 38.5 Å². The molecule has 76 valence electrons. The Bertz CT molecular complexity index is 148. The van der Waals surface area contributed by atoms with Crippen LogP contribution >= 0.6 is 37.1 Å². The van der Waals surface area contributed by atoms with Crippen molar-refractivity contribution in [2.75, 3.05) is 6.54 Å². The Balaban J connectivity index is 2.91. The molecule has 0 aromatic carbocycles. The van der Waals surface area contributed by atoms with Crippen LogP contribution in [0.3, 0.4) is 0 Å². The molecule has 0 spiro atoms. The van der Waals surface area contributed by atoms with Gasteiger partial charge in [0, 0.05) is 10.7 Å². The molecule has 0 aromatic rings. The minimum absolute atomic E-state index is 0.836. The Hall–Kier alpha value is 0.330. The first-order valence-corrected chi connectivity index (χ1v) is 5.99. The average Bonchev–Trinajstić information content (AvgIpc) is 2.09. The zero-order chi connectivity index (χ0) is 9.94. The highest BCUT2D eigenvalue weighted by molar-refractivity contribution is 8.11. The molecular weight excluding hydrogens is 218 g/mol. The van der Waals surface area contributed by atoms with Gasteiger partial charge in [-0.3, -0.25) is 0 Å². The van der Waals surface area contributed by atoms with Crippen LogP contribution in [0.5, 0.6) is 0 Å². The third-order valence-electron chi connectivity index (χ3n) is 1.80. The van der Waals surface area contributed by atoms with Crippen molar-refractivity contribution < 1.29 is 0 Å². The minimum Gasteiger partial charge on any atom is -0.382 e. The standard InChI is InChI=1S/C9H17NS3/c11-8-10-7-5-3-1-2-4-6-9(12)13/h8H,1-7H2,(H,10,11)(H,12,13). The largest absolute Gasteiger partial charge is 0.382 e. The summed E-state index contributed by atoms with van der Waals surface area (Å²) in [5.74, 6) is 0. The Morgan fingerprint density at radius 1 is 1.15 bits per heavy atom. The summed E-state index contributed by atoms with van der Waals surface area (Å²) in [6, 6.07) is 0. The number of thiocarbonyl (C=S) groups is 2. The number of nitrogens with one attached hydrogen (secondary N) is 1. The fraction of sp³-hybridized carbons (Fsp3) is 0.778. The van der Waals surface area contributed by atoms with Gasteiger partial charge in [-0.05, 0) is 19.3 Å². The topological polar surface area (TPSA) is 12.0 Å². The molecule has 0 rings (SSSR count). The fourth-order valence-electron chi connectivity index (χ4n) is 1.09. The van der Waals surface area contributed by atoms with Crippen molar-refractivity contribution in [3.05, 3.63) is 0 Å². The second kappa shape index (κ2) is 10.4. The second-order valence-electron chi connectivity index (χ2n) is 2.98. The molecule has 1 N–H and O–H groups in total. The van der Waals surface area contributed by atoms with E-state index in [1.165, 1.54) is 32.1 Å². The van der Waals surface area contributed by atoms with Crippen molar-refractivity contribution in [1.82, 2.24) is 5.32 Å². The zero-order valence-electron chi connectivity index (χ0n) is 7.79. The lowest BCUT2D eigenvalue weighted by Crippen LogP contribution is -2.10. The van der Waals surface area contributed by atoms with Crippen molar-refractivity contribution in [3.8, 4) is 0 Å². The van der Waals surface area contributed by atoms with Gasteiger partial charge in [0.15, 0.2) is 0 Å². The van der Waals surface area contributed by atoms with Crippen LogP contribution < -0.4 is 5.32 Å². The van der Waals surface area contributed by atoms with Gasteiger partial charge in [0.05, 0.1) is 5.49 Å². The highest BCUT2D eigenvalue weighted by atomic mass is 32.1. The van der Waals surface area contributed by atoms with Crippen LogP contribution in [0.25, 0.3) is 0 Å². The normalized spacial score (nSPS) is 9.62. The van der Waals surface area contributed by atoms with Crippen molar-refractivity contribution in [3.63, 3.8) is 0 Å². The van der Waals surface area contributed by atoms with Crippen molar-refractivity contribution in [2.24, 2.45) is 0 Å². The lowest BCUT2D eigenvalue weighted by Gasteiger charge is -2.00. The molecule has 0 amide bonds. The van der Waals surface area contributed by atoms with E-state index in [1.807, 2.05) is 0 Å². The summed E-state index contributed by atoms with van der Waals surface area (Å²) in [6.45, 7) is 1.01. The van der Waals surface area contributed by atoms with Crippen LogP contribution in [-0.2, 0) is 0 Å². The number of unbranched alkanes of at least 4 members (excludes halogenated alkanes) is 4. The van der Waals surface area contributed by atoms with Gasteiger partial charge in [-0.1, -0.05) is 43.7 Å². The molecule has 0 aliphatic carbocycles. The van der Waals surface area contributed by atoms with E-state index in [2.05, 4.69) is 30.2 Å². The van der Waals surface area contributed by atoms with E-state index in [4.69, 9.17) is 12.2 Å². The van der Waals surface area contributed by atoms with E-state index in [0.29, 0.717) is 0 Å². The van der Waals surface area contributed by atoms with Crippen molar-refractivity contribution in [2.45, 2.75) is 38.5 Å². The molecule has 0 aliphatic rings. The molecule has 0 heterocycles. The van der Waals surface area contributed by atoms with Gasteiger partial charge in [0.1, 0.15) is 0 Å². The smallest absolute Gasteiger partial charge is 0.0614 e. The van der Waals surface area contributed by atoms with Crippen molar-refractivity contribution in [1.29, 1.82) is 0 Å². The van der Waals surface area contributed by atoms with Crippen LogP contribution in [0, 0.1) is 0 Å². The Morgan fingerprint density at radius 2 is 1.77 bits per heavy atom. The molecule has 0 atom stereocenters. The quantitative estimate of drug-likeness (QED) is 0.362. The number of hydrogen-bond donors (Lipinski definition) is 2. The SMILES string of the molecule is S=CNCCCCCCCC(=S)S. The van der Waals surface area contributed by atoms with Crippen LogP contribution in [0.2, 0.25) is 0 Å². The fourth-order valence-corrected chi connectivity index (χ4v) is 1.51. The van der Waals surface area contributed by atoms with Gasteiger partial charge < -0.3 is 5.32 Å². The summed E-state index contributed by atoms with van der Waals surface area (Å²) in [4.78, 5) is 0.